The van der Waals surface area contributed by atoms with Crippen molar-refractivity contribution in [2.24, 2.45) is 0 Å². The lowest BCUT2D eigenvalue weighted by atomic mass is 10.1. The standard InChI is InChI=1S/C41H66O5/c1-3-5-7-9-11-13-15-17-19-20-22-24-26-28-30-32-34-36-41(44)46-39(37-42)38-45-40(43)35-33-31-29-27-25-23-21-18-16-14-12-10-8-6-4-2/h5-8,11-14,17-19,21-22,24,39,42H,3-4,9-10,15-16,20,23,25-38H2,1-2H3. The summed E-state index contributed by atoms with van der Waals surface area (Å²) in [5.74, 6) is -0.649. The maximum Gasteiger partial charge on any atom is 0.306 e. The van der Waals surface area contributed by atoms with Crippen molar-refractivity contribution in [3.63, 3.8) is 0 Å². The molecule has 5 heteroatoms. The highest BCUT2D eigenvalue weighted by Crippen LogP contribution is 2.10. The third kappa shape index (κ3) is 34.0. The van der Waals surface area contributed by atoms with E-state index in [4.69, 9.17) is 9.47 Å². The predicted molar refractivity (Wildman–Crippen MR) is 196 cm³/mol. The van der Waals surface area contributed by atoms with Crippen LogP contribution in [0.5, 0.6) is 0 Å². The van der Waals surface area contributed by atoms with Gasteiger partial charge in [0.1, 0.15) is 6.61 Å². The quantitative estimate of drug-likeness (QED) is 0.0465. The zero-order chi connectivity index (χ0) is 33.6. The second-order valence-electron chi connectivity index (χ2n) is 11.5. The van der Waals surface area contributed by atoms with Crippen molar-refractivity contribution in [1.29, 1.82) is 0 Å². The number of carbonyl (C=O) groups excluding carboxylic acids is 2. The molecule has 0 aliphatic heterocycles. The van der Waals surface area contributed by atoms with Crippen LogP contribution in [0.1, 0.15) is 142 Å². The number of aliphatic hydroxyl groups excluding tert-OH is 1. The molecule has 0 aliphatic carbocycles. The molecule has 0 rings (SSSR count). The first-order valence-corrected chi connectivity index (χ1v) is 18.1. The first-order chi connectivity index (χ1) is 22.6. The van der Waals surface area contributed by atoms with Gasteiger partial charge in [-0.05, 0) is 83.5 Å². The summed E-state index contributed by atoms with van der Waals surface area (Å²) in [4.78, 5) is 24.2. The molecule has 0 aliphatic rings. The Kier molecular flexibility index (Phi) is 34.2. The molecule has 0 saturated heterocycles. The number of aliphatic hydroxyl groups is 1. The maximum absolute atomic E-state index is 12.1. The number of carbonyl (C=O) groups is 2. The van der Waals surface area contributed by atoms with E-state index in [1.165, 1.54) is 6.42 Å². The Bertz CT molecular complexity index is 906. The molecule has 0 radical (unpaired) electrons. The Morgan fingerprint density at radius 2 is 0.870 bits per heavy atom. The minimum atomic E-state index is -0.795. The van der Waals surface area contributed by atoms with Crippen LogP contribution >= 0.6 is 0 Å². The minimum absolute atomic E-state index is 0.0904. The fourth-order valence-corrected chi connectivity index (χ4v) is 4.50. The zero-order valence-corrected chi connectivity index (χ0v) is 29.3. The number of unbranched alkanes of at least 4 members (excludes halogenated alkanes) is 9. The fraction of sp³-hybridized carbons (Fsp3) is 0.610. The van der Waals surface area contributed by atoms with Gasteiger partial charge < -0.3 is 14.6 Å². The van der Waals surface area contributed by atoms with Gasteiger partial charge in [-0.3, -0.25) is 9.59 Å². The van der Waals surface area contributed by atoms with Crippen LogP contribution in [0.3, 0.4) is 0 Å². The molecule has 0 saturated carbocycles. The van der Waals surface area contributed by atoms with Gasteiger partial charge in [-0.2, -0.15) is 0 Å². The summed E-state index contributed by atoms with van der Waals surface area (Å²) in [7, 11) is 0. The van der Waals surface area contributed by atoms with Crippen LogP contribution in [0, 0.1) is 0 Å². The zero-order valence-electron chi connectivity index (χ0n) is 29.3. The molecular formula is C41H66O5. The average molecular weight is 639 g/mol. The van der Waals surface area contributed by atoms with Crippen molar-refractivity contribution in [2.75, 3.05) is 13.2 Å². The van der Waals surface area contributed by atoms with Crippen LogP contribution in [0.4, 0.5) is 0 Å². The summed E-state index contributed by atoms with van der Waals surface area (Å²) in [6.07, 6.45) is 49.2. The second kappa shape index (κ2) is 36.5. The van der Waals surface area contributed by atoms with E-state index in [1.807, 2.05) is 0 Å². The molecule has 260 valence electrons. The smallest absolute Gasteiger partial charge is 0.306 e. The summed E-state index contributed by atoms with van der Waals surface area (Å²) in [6.45, 7) is 3.85. The molecule has 1 N–H and O–H groups in total. The predicted octanol–water partition coefficient (Wildman–Crippen LogP) is 11.2. The lowest BCUT2D eigenvalue weighted by Crippen LogP contribution is -2.28. The normalized spacial score (nSPS) is 13.2. The molecule has 0 aromatic heterocycles. The second-order valence-corrected chi connectivity index (χ2v) is 11.5. The average Bonchev–Trinajstić information content (AvgIpc) is 3.06. The van der Waals surface area contributed by atoms with Crippen LogP contribution in [0.25, 0.3) is 0 Å². The van der Waals surface area contributed by atoms with E-state index in [0.717, 1.165) is 109 Å². The summed E-state index contributed by atoms with van der Waals surface area (Å²) in [5.41, 5.74) is 0. The minimum Gasteiger partial charge on any atom is -0.462 e. The van der Waals surface area contributed by atoms with Crippen LogP contribution in [0.15, 0.2) is 85.1 Å². The van der Waals surface area contributed by atoms with Crippen LogP contribution < -0.4 is 0 Å². The third-order valence-electron chi connectivity index (χ3n) is 7.18. The highest BCUT2D eigenvalue weighted by Gasteiger charge is 2.16. The van der Waals surface area contributed by atoms with Gasteiger partial charge >= 0.3 is 11.9 Å². The highest BCUT2D eigenvalue weighted by atomic mass is 16.6. The number of allylic oxidation sites excluding steroid dienone is 14. The Balaban J connectivity index is 3.69. The largest absolute Gasteiger partial charge is 0.462 e. The van der Waals surface area contributed by atoms with Crippen molar-refractivity contribution in [1.82, 2.24) is 0 Å². The highest BCUT2D eigenvalue weighted by molar-refractivity contribution is 5.70. The van der Waals surface area contributed by atoms with Crippen LogP contribution in [-0.4, -0.2) is 36.4 Å². The Labute approximate surface area is 282 Å². The maximum atomic E-state index is 12.1. The molecule has 0 bridgehead atoms. The Hall–Kier alpha value is -2.92. The summed E-state index contributed by atoms with van der Waals surface area (Å²) >= 11 is 0. The molecule has 1 atom stereocenters. The summed E-state index contributed by atoms with van der Waals surface area (Å²) in [6, 6.07) is 0. The number of hydrogen-bond acceptors (Lipinski definition) is 5. The summed E-state index contributed by atoms with van der Waals surface area (Å²) in [5, 5.41) is 9.53. The molecular weight excluding hydrogens is 572 g/mol. The molecule has 0 spiro atoms. The van der Waals surface area contributed by atoms with Gasteiger partial charge in [0.15, 0.2) is 6.10 Å². The molecule has 46 heavy (non-hydrogen) atoms. The van der Waals surface area contributed by atoms with Crippen molar-refractivity contribution >= 4 is 11.9 Å². The van der Waals surface area contributed by atoms with Crippen LogP contribution in [0.2, 0.25) is 0 Å². The van der Waals surface area contributed by atoms with Crippen LogP contribution in [-0.2, 0) is 19.1 Å². The van der Waals surface area contributed by atoms with E-state index >= 15 is 0 Å². The topological polar surface area (TPSA) is 72.8 Å². The van der Waals surface area contributed by atoms with Gasteiger partial charge in [0.05, 0.1) is 6.61 Å². The Morgan fingerprint density at radius 3 is 1.30 bits per heavy atom. The van der Waals surface area contributed by atoms with E-state index in [2.05, 4.69) is 98.9 Å². The van der Waals surface area contributed by atoms with Crippen molar-refractivity contribution < 1.29 is 24.2 Å². The number of rotatable bonds is 31. The van der Waals surface area contributed by atoms with Gasteiger partial charge in [-0.15, -0.1) is 0 Å². The van der Waals surface area contributed by atoms with Crippen molar-refractivity contribution in [3.05, 3.63) is 85.1 Å². The van der Waals surface area contributed by atoms with Gasteiger partial charge in [-0.1, -0.05) is 131 Å². The SMILES string of the molecule is CCC=CCC=CCC=CCC=CCCCCCCC(=O)OC(CO)COC(=O)CCCCCCCC=CCC=CCC=CCC. The lowest BCUT2D eigenvalue weighted by molar-refractivity contribution is -0.161. The molecule has 1 unspecified atom stereocenters. The van der Waals surface area contributed by atoms with E-state index in [-0.39, 0.29) is 25.2 Å². The molecule has 0 heterocycles. The monoisotopic (exact) mass is 638 g/mol. The van der Waals surface area contributed by atoms with E-state index in [9.17, 15) is 14.7 Å². The molecule has 5 nitrogen and oxygen atoms in total. The molecule has 0 aromatic rings. The number of hydrogen-bond donors (Lipinski definition) is 1. The number of ether oxygens (including phenoxy) is 2. The first kappa shape index (κ1) is 43.1. The molecule has 0 aromatic carbocycles. The number of esters is 2. The third-order valence-corrected chi connectivity index (χ3v) is 7.18. The first-order valence-electron chi connectivity index (χ1n) is 18.1. The summed E-state index contributed by atoms with van der Waals surface area (Å²) < 4.78 is 10.6. The van der Waals surface area contributed by atoms with E-state index in [1.54, 1.807) is 0 Å². The van der Waals surface area contributed by atoms with Crippen molar-refractivity contribution in [2.45, 2.75) is 148 Å². The van der Waals surface area contributed by atoms with Gasteiger partial charge in [0, 0.05) is 12.8 Å². The molecule has 0 fully saturated rings. The molecule has 0 amide bonds. The lowest BCUT2D eigenvalue weighted by Gasteiger charge is -2.15. The van der Waals surface area contributed by atoms with Gasteiger partial charge in [0.2, 0.25) is 0 Å². The van der Waals surface area contributed by atoms with E-state index in [0.29, 0.717) is 12.8 Å². The van der Waals surface area contributed by atoms with Gasteiger partial charge in [-0.25, -0.2) is 0 Å². The van der Waals surface area contributed by atoms with Crippen molar-refractivity contribution in [3.8, 4) is 0 Å². The van der Waals surface area contributed by atoms with E-state index < -0.39 is 6.10 Å². The van der Waals surface area contributed by atoms with Gasteiger partial charge in [0.25, 0.3) is 0 Å². The Morgan fingerprint density at radius 1 is 0.500 bits per heavy atom. The fourth-order valence-electron chi connectivity index (χ4n) is 4.50.